The molecule has 4 nitrogen and oxygen atoms in total. The topological polar surface area (TPSA) is 46.6 Å². The van der Waals surface area contributed by atoms with Crippen molar-refractivity contribution in [2.75, 3.05) is 19.7 Å². The van der Waals surface area contributed by atoms with Crippen LogP contribution in [0.3, 0.4) is 0 Å². The first-order valence-electron chi connectivity index (χ1n) is 6.95. The zero-order chi connectivity index (χ0) is 13.8. The fourth-order valence-corrected chi connectivity index (χ4v) is 1.49. The molecule has 0 bridgehead atoms. The number of esters is 1. The quantitative estimate of drug-likeness (QED) is 0.325. The molecule has 0 saturated heterocycles. The lowest BCUT2D eigenvalue weighted by molar-refractivity contribution is -0.144. The maximum Gasteiger partial charge on any atom is 0.305 e. The number of ether oxygens (including phenoxy) is 1. The highest BCUT2D eigenvalue weighted by Gasteiger charge is 2.05. The van der Waals surface area contributed by atoms with Crippen LogP contribution in [-0.2, 0) is 14.3 Å². The van der Waals surface area contributed by atoms with Crippen LogP contribution in [0, 0.1) is 5.92 Å². The van der Waals surface area contributed by atoms with E-state index in [1.807, 2.05) is 13.8 Å². The first-order chi connectivity index (χ1) is 8.60. The van der Waals surface area contributed by atoms with Gasteiger partial charge < -0.3 is 9.64 Å². The molecule has 0 N–H and O–H groups in total. The number of unbranched alkanes of at least 4 members (excludes halogenated alkanes) is 2. The van der Waals surface area contributed by atoms with Crippen molar-refractivity contribution in [2.45, 2.75) is 52.9 Å². The highest BCUT2D eigenvalue weighted by molar-refractivity contribution is 5.69. The fourth-order valence-electron chi connectivity index (χ4n) is 1.49. The number of rotatable bonds is 11. The van der Waals surface area contributed by atoms with E-state index >= 15 is 0 Å². The predicted octanol–water partition coefficient (Wildman–Crippen LogP) is 2.61. The fraction of sp³-hybridized carbons (Fsp3) is 0.857. The zero-order valence-corrected chi connectivity index (χ0v) is 12.0. The zero-order valence-electron chi connectivity index (χ0n) is 12.0. The van der Waals surface area contributed by atoms with Gasteiger partial charge in [-0.15, -0.1) is 0 Å². The summed E-state index contributed by atoms with van der Waals surface area (Å²) >= 11 is 0. The van der Waals surface area contributed by atoms with E-state index in [4.69, 9.17) is 4.74 Å². The van der Waals surface area contributed by atoms with Gasteiger partial charge in [0.1, 0.15) is 0 Å². The summed E-state index contributed by atoms with van der Waals surface area (Å²) in [6.45, 7) is 8.19. The van der Waals surface area contributed by atoms with Crippen LogP contribution in [0.2, 0.25) is 0 Å². The van der Waals surface area contributed by atoms with Gasteiger partial charge in [-0.3, -0.25) is 9.59 Å². The molecule has 0 rings (SSSR count). The average Bonchev–Trinajstić information content (AvgIpc) is 2.35. The Morgan fingerprint density at radius 2 is 1.89 bits per heavy atom. The van der Waals surface area contributed by atoms with E-state index in [0.717, 1.165) is 45.2 Å². The van der Waals surface area contributed by atoms with Crippen molar-refractivity contribution in [1.82, 2.24) is 4.90 Å². The number of amides is 1. The van der Waals surface area contributed by atoms with Crippen LogP contribution in [0.1, 0.15) is 52.9 Å². The number of carbonyl (C=O) groups is 2. The summed E-state index contributed by atoms with van der Waals surface area (Å²) in [4.78, 5) is 23.9. The molecule has 0 fully saturated rings. The molecule has 0 heterocycles. The number of carbonyl (C=O) groups excluding carboxylic acids is 2. The molecule has 0 aromatic rings. The Bertz CT molecular complexity index is 229. The van der Waals surface area contributed by atoms with Crippen molar-refractivity contribution in [3.8, 4) is 0 Å². The van der Waals surface area contributed by atoms with Gasteiger partial charge in [-0.2, -0.15) is 0 Å². The Kier molecular flexibility index (Phi) is 10.4. The van der Waals surface area contributed by atoms with Gasteiger partial charge in [0.25, 0.3) is 0 Å². The van der Waals surface area contributed by atoms with Crippen LogP contribution >= 0.6 is 0 Å². The van der Waals surface area contributed by atoms with Gasteiger partial charge >= 0.3 is 5.97 Å². The molecule has 0 radical (unpaired) electrons. The van der Waals surface area contributed by atoms with Crippen molar-refractivity contribution in [3.05, 3.63) is 0 Å². The highest BCUT2D eigenvalue weighted by atomic mass is 16.5. The molecule has 18 heavy (non-hydrogen) atoms. The maximum absolute atomic E-state index is 11.3. The molecule has 0 unspecified atom stereocenters. The van der Waals surface area contributed by atoms with Gasteiger partial charge in [-0.05, 0) is 25.2 Å². The van der Waals surface area contributed by atoms with Crippen LogP contribution in [0.25, 0.3) is 0 Å². The third-order valence-electron chi connectivity index (χ3n) is 2.60. The Balaban J connectivity index is 3.52. The van der Waals surface area contributed by atoms with Crippen molar-refractivity contribution >= 4 is 12.4 Å². The lowest BCUT2D eigenvalue weighted by Gasteiger charge is -2.16. The molecule has 0 aliphatic heterocycles. The van der Waals surface area contributed by atoms with Crippen LogP contribution in [0.5, 0.6) is 0 Å². The largest absolute Gasteiger partial charge is 0.465 e. The van der Waals surface area contributed by atoms with Crippen molar-refractivity contribution < 1.29 is 14.3 Å². The molecule has 4 heteroatoms. The highest BCUT2D eigenvalue weighted by Crippen LogP contribution is 2.02. The van der Waals surface area contributed by atoms with E-state index in [9.17, 15) is 9.59 Å². The van der Waals surface area contributed by atoms with Crippen molar-refractivity contribution in [1.29, 1.82) is 0 Å². The monoisotopic (exact) mass is 257 g/mol. The Hall–Kier alpha value is -1.06. The second-order valence-electron chi connectivity index (χ2n) is 5.03. The van der Waals surface area contributed by atoms with E-state index < -0.39 is 0 Å². The summed E-state index contributed by atoms with van der Waals surface area (Å²) < 4.78 is 5.08. The summed E-state index contributed by atoms with van der Waals surface area (Å²) in [5, 5.41) is 0. The van der Waals surface area contributed by atoms with Crippen molar-refractivity contribution in [2.24, 2.45) is 5.92 Å². The van der Waals surface area contributed by atoms with Crippen LogP contribution < -0.4 is 0 Å². The lowest BCUT2D eigenvalue weighted by Crippen LogP contribution is -2.24. The lowest BCUT2D eigenvalue weighted by atomic mass is 10.2. The minimum absolute atomic E-state index is 0.130. The molecule has 0 aliphatic rings. The molecule has 0 aromatic carbocycles. The molecule has 106 valence electrons. The average molecular weight is 257 g/mol. The minimum atomic E-state index is -0.130. The molecule has 0 spiro atoms. The number of nitrogens with zero attached hydrogens (tertiary/aromatic N) is 1. The number of hydrogen-bond acceptors (Lipinski definition) is 3. The third-order valence-corrected chi connectivity index (χ3v) is 2.60. The van der Waals surface area contributed by atoms with E-state index in [1.54, 1.807) is 4.90 Å². The maximum atomic E-state index is 11.3. The standard InChI is InChI=1S/C14H27NO3/c1-4-5-9-15(12-16)10-7-6-8-14(17)18-11-13(2)3/h12-13H,4-11H2,1-3H3. The van der Waals surface area contributed by atoms with E-state index in [-0.39, 0.29) is 5.97 Å². The molecule has 0 aliphatic carbocycles. The van der Waals surface area contributed by atoms with E-state index in [0.29, 0.717) is 18.9 Å². The van der Waals surface area contributed by atoms with Crippen LogP contribution in [-0.4, -0.2) is 37.0 Å². The molecule has 0 saturated carbocycles. The first kappa shape index (κ1) is 16.9. The molecular formula is C14H27NO3. The number of hydrogen-bond donors (Lipinski definition) is 0. The Labute approximate surface area is 111 Å². The SMILES string of the molecule is CCCCN(C=O)CCCCC(=O)OCC(C)C. The Morgan fingerprint density at radius 1 is 1.22 bits per heavy atom. The molecule has 0 atom stereocenters. The van der Waals surface area contributed by atoms with Gasteiger partial charge in [-0.25, -0.2) is 0 Å². The first-order valence-corrected chi connectivity index (χ1v) is 6.95. The summed E-state index contributed by atoms with van der Waals surface area (Å²) in [6.07, 6.45) is 5.12. The van der Waals surface area contributed by atoms with Crippen LogP contribution in [0.4, 0.5) is 0 Å². The van der Waals surface area contributed by atoms with Gasteiger partial charge in [0.2, 0.25) is 6.41 Å². The summed E-state index contributed by atoms with van der Waals surface area (Å²) in [5.74, 6) is 0.253. The normalized spacial score (nSPS) is 10.4. The second-order valence-corrected chi connectivity index (χ2v) is 5.03. The molecule has 1 amide bonds. The molecular weight excluding hydrogens is 230 g/mol. The van der Waals surface area contributed by atoms with Gasteiger partial charge in [0.05, 0.1) is 6.61 Å². The predicted molar refractivity (Wildman–Crippen MR) is 72.2 cm³/mol. The third kappa shape index (κ3) is 10.1. The molecule has 0 aromatic heterocycles. The van der Waals surface area contributed by atoms with E-state index in [1.165, 1.54) is 0 Å². The van der Waals surface area contributed by atoms with Gasteiger partial charge in [-0.1, -0.05) is 27.2 Å². The second kappa shape index (κ2) is 11.1. The van der Waals surface area contributed by atoms with Gasteiger partial charge in [0, 0.05) is 19.5 Å². The Morgan fingerprint density at radius 3 is 2.44 bits per heavy atom. The minimum Gasteiger partial charge on any atom is -0.465 e. The summed E-state index contributed by atoms with van der Waals surface area (Å²) in [6, 6.07) is 0. The van der Waals surface area contributed by atoms with Gasteiger partial charge in [0.15, 0.2) is 0 Å². The van der Waals surface area contributed by atoms with Crippen LogP contribution in [0.15, 0.2) is 0 Å². The van der Waals surface area contributed by atoms with Crippen molar-refractivity contribution in [3.63, 3.8) is 0 Å². The van der Waals surface area contributed by atoms with E-state index in [2.05, 4.69) is 6.92 Å². The summed E-state index contributed by atoms with van der Waals surface area (Å²) in [5.41, 5.74) is 0. The summed E-state index contributed by atoms with van der Waals surface area (Å²) in [7, 11) is 0. The smallest absolute Gasteiger partial charge is 0.305 e.